The lowest BCUT2D eigenvalue weighted by molar-refractivity contribution is 0.00302. The number of aromatic nitrogens is 2. The lowest BCUT2D eigenvalue weighted by atomic mass is 9.87. The van der Waals surface area contributed by atoms with Crippen molar-refractivity contribution in [1.82, 2.24) is 9.55 Å². The monoisotopic (exact) mass is 298 g/mol. The first-order valence-corrected chi connectivity index (χ1v) is 8.54. The molecule has 0 spiro atoms. The van der Waals surface area contributed by atoms with Gasteiger partial charge in [-0.3, -0.25) is 0 Å². The topological polar surface area (TPSA) is 27.1 Å². The molecule has 0 bridgehead atoms. The summed E-state index contributed by atoms with van der Waals surface area (Å²) in [5.74, 6) is 0.848. The Kier molecular flexibility index (Phi) is 3.12. The van der Waals surface area contributed by atoms with Gasteiger partial charge in [0.15, 0.2) is 0 Å². The summed E-state index contributed by atoms with van der Waals surface area (Å²) in [5.41, 5.74) is 4.35. The molecule has 0 radical (unpaired) electrons. The highest BCUT2D eigenvalue weighted by molar-refractivity contribution is 5.81. The third-order valence-electron chi connectivity index (χ3n) is 5.94. The molecule has 3 nitrogen and oxygen atoms in total. The van der Waals surface area contributed by atoms with Crippen LogP contribution in [-0.2, 0) is 18.2 Å². The van der Waals surface area contributed by atoms with Crippen LogP contribution in [0.15, 0.2) is 18.3 Å². The normalized spacial score (nSPS) is 34.5. The summed E-state index contributed by atoms with van der Waals surface area (Å²) in [5, 5.41) is 1.34. The van der Waals surface area contributed by atoms with Gasteiger partial charge in [0.25, 0.3) is 0 Å². The number of hydrogen-bond acceptors (Lipinski definition) is 2. The zero-order valence-electron chi connectivity index (χ0n) is 14.1. The second-order valence-corrected chi connectivity index (χ2v) is 7.69. The van der Waals surface area contributed by atoms with E-state index in [0.29, 0.717) is 17.6 Å². The molecular weight excluding hydrogens is 272 g/mol. The molecule has 3 heteroatoms. The van der Waals surface area contributed by atoms with Crippen molar-refractivity contribution < 1.29 is 4.74 Å². The molecule has 118 valence electrons. The molecule has 0 amide bonds. The molecular formula is C19H26N2O. The third-order valence-corrected chi connectivity index (χ3v) is 5.94. The molecule has 4 atom stereocenters. The van der Waals surface area contributed by atoms with Gasteiger partial charge in [-0.05, 0) is 75.5 Å². The Morgan fingerprint density at radius 3 is 2.95 bits per heavy atom. The van der Waals surface area contributed by atoms with Crippen LogP contribution in [-0.4, -0.2) is 21.8 Å². The average Bonchev–Trinajstić information content (AvgIpc) is 3.02. The molecule has 2 aromatic heterocycles. The predicted molar refractivity (Wildman–Crippen MR) is 88.9 cm³/mol. The number of fused-ring (bicyclic) bond motifs is 2. The van der Waals surface area contributed by atoms with E-state index in [0.717, 1.165) is 11.6 Å². The average molecular weight is 298 g/mol. The van der Waals surface area contributed by atoms with Gasteiger partial charge in [-0.25, -0.2) is 4.98 Å². The van der Waals surface area contributed by atoms with Crippen molar-refractivity contribution in [3.05, 3.63) is 29.6 Å². The molecule has 1 aliphatic heterocycles. The third kappa shape index (κ3) is 2.18. The van der Waals surface area contributed by atoms with Crippen molar-refractivity contribution in [2.45, 2.75) is 58.7 Å². The fourth-order valence-electron chi connectivity index (χ4n) is 4.71. The largest absolute Gasteiger partial charge is 0.376 e. The molecule has 0 N–H and O–H groups in total. The fraction of sp³-hybridized carbons (Fsp3) is 0.632. The van der Waals surface area contributed by atoms with Gasteiger partial charge in [-0.15, -0.1) is 0 Å². The van der Waals surface area contributed by atoms with Crippen LogP contribution in [0.3, 0.4) is 0 Å². The predicted octanol–water partition coefficient (Wildman–Crippen LogP) is 4.02. The Bertz CT molecular complexity index is 720. The molecule has 3 heterocycles. The Labute approximate surface area is 132 Å². The molecule has 4 rings (SSSR count). The molecule has 22 heavy (non-hydrogen) atoms. The van der Waals surface area contributed by atoms with Crippen molar-refractivity contribution >= 4 is 11.0 Å². The Morgan fingerprint density at radius 2 is 2.14 bits per heavy atom. The lowest BCUT2D eigenvalue weighted by Gasteiger charge is -2.20. The van der Waals surface area contributed by atoms with Gasteiger partial charge in [-0.1, -0.05) is 0 Å². The van der Waals surface area contributed by atoms with E-state index in [2.05, 4.69) is 49.5 Å². The van der Waals surface area contributed by atoms with Gasteiger partial charge >= 0.3 is 0 Å². The van der Waals surface area contributed by atoms with E-state index in [1.807, 2.05) is 6.20 Å². The van der Waals surface area contributed by atoms with Crippen molar-refractivity contribution in [3.8, 4) is 0 Å². The minimum atomic E-state index is 0.386. The first-order valence-electron chi connectivity index (χ1n) is 8.54. The van der Waals surface area contributed by atoms with Crippen molar-refractivity contribution in [1.29, 1.82) is 0 Å². The lowest BCUT2D eigenvalue weighted by Crippen LogP contribution is -2.18. The summed E-state index contributed by atoms with van der Waals surface area (Å²) in [7, 11) is 2.11. The van der Waals surface area contributed by atoms with Crippen LogP contribution in [0.5, 0.6) is 0 Å². The second kappa shape index (κ2) is 4.82. The van der Waals surface area contributed by atoms with Gasteiger partial charge in [0.2, 0.25) is 0 Å². The maximum atomic E-state index is 6.07. The van der Waals surface area contributed by atoms with E-state index >= 15 is 0 Å². The van der Waals surface area contributed by atoms with Gasteiger partial charge in [-0.2, -0.15) is 0 Å². The van der Waals surface area contributed by atoms with Crippen LogP contribution >= 0.6 is 0 Å². The van der Waals surface area contributed by atoms with Gasteiger partial charge in [0.1, 0.15) is 5.65 Å². The summed E-state index contributed by atoms with van der Waals surface area (Å²) in [4.78, 5) is 4.58. The second-order valence-electron chi connectivity index (χ2n) is 7.69. The molecule has 1 saturated carbocycles. The van der Waals surface area contributed by atoms with Crippen molar-refractivity contribution in [2.24, 2.45) is 18.4 Å². The fourth-order valence-corrected chi connectivity index (χ4v) is 4.71. The molecule has 1 aliphatic carbocycles. The molecule has 2 aliphatic rings. The Hall–Kier alpha value is -1.35. The van der Waals surface area contributed by atoms with Crippen molar-refractivity contribution in [2.75, 3.05) is 0 Å². The molecule has 1 saturated heterocycles. The van der Waals surface area contributed by atoms with E-state index in [9.17, 15) is 0 Å². The molecule has 2 unspecified atom stereocenters. The molecule has 2 aromatic rings. The van der Waals surface area contributed by atoms with Gasteiger partial charge in [0.05, 0.1) is 12.2 Å². The van der Waals surface area contributed by atoms with Gasteiger partial charge < -0.3 is 9.30 Å². The van der Waals surface area contributed by atoms with Crippen LogP contribution < -0.4 is 0 Å². The standard InChI is InChI=1S/C19H26N2O/c1-12-7-17-15(5-6-20-18(17)21(12)4)10-19-9-14(3)22-13(2)8-16(19)11-19/h5-7,13-14,16H,8-11H2,1-4H3/t13-,14+,16?,19?/m0/s1. The molecule has 2 fully saturated rings. The minimum absolute atomic E-state index is 0.386. The number of aryl methyl sites for hydroxylation is 2. The highest BCUT2D eigenvalue weighted by atomic mass is 16.5. The maximum Gasteiger partial charge on any atom is 0.140 e. The van der Waals surface area contributed by atoms with E-state index < -0.39 is 0 Å². The summed E-state index contributed by atoms with van der Waals surface area (Å²) in [6, 6.07) is 4.52. The van der Waals surface area contributed by atoms with E-state index in [-0.39, 0.29) is 0 Å². The quantitative estimate of drug-likeness (QED) is 0.837. The summed E-state index contributed by atoms with van der Waals surface area (Å²) < 4.78 is 8.27. The SMILES string of the molecule is Cc1cc2c(CC34CC3C[C@H](C)O[C@H](C)C4)ccnc2n1C. The van der Waals surface area contributed by atoms with Crippen LogP contribution in [0.1, 0.15) is 44.4 Å². The van der Waals surface area contributed by atoms with Crippen LogP contribution in [0.25, 0.3) is 11.0 Å². The number of pyridine rings is 1. The smallest absolute Gasteiger partial charge is 0.140 e. The first kappa shape index (κ1) is 14.3. The maximum absolute atomic E-state index is 6.07. The number of nitrogens with zero attached hydrogens (tertiary/aromatic N) is 2. The molecule has 0 aromatic carbocycles. The summed E-state index contributed by atoms with van der Waals surface area (Å²) in [6.07, 6.45) is 7.77. The Morgan fingerprint density at radius 1 is 1.32 bits per heavy atom. The number of ether oxygens (including phenoxy) is 1. The highest BCUT2D eigenvalue weighted by Crippen LogP contribution is 2.62. The first-order chi connectivity index (χ1) is 10.5. The van der Waals surface area contributed by atoms with E-state index in [1.165, 1.54) is 42.3 Å². The van der Waals surface area contributed by atoms with E-state index in [1.54, 1.807) is 0 Å². The number of hydrogen-bond donors (Lipinski definition) is 0. The van der Waals surface area contributed by atoms with E-state index in [4.69, 9.17) is 4.74 Å². The van der Waals surface area contributed by atoms with Crippen molar-refractivity contribution in [3.63, 3.8) is 0 Å². The van der Waals surface area contributed by atoms with Crippen LogP contribution in [0, 0.1) is 18.3 Å². The number of rotatable bonds is 2. The highest BCUT2D eigenvalue weighted by Gasteiger charge is 2.55. The Balaban J connectivity index is 1.68. The minimum Gasteiger partial charge on any atom is -0.376 e. The zero-order chi connectivity index (χ0) is 15.5. The zero-order valence-corrected chi connectivity index (χ0v) is 14.1. The van der Waals surface area contributed by atoms with Crippen LogP contribution in [0.2, 0.25) is 0 Å². The van der Waals surface area contributed by atoms with Gasteiger partial charge in [0, 0.05) is 24.3 Å². The van der Waals surface area contributed by atoms with Crippen LogP contribution in [0.4, 0.5) is 0 Å². The summed E-state index contributed by atoms with van der Waals surface area (Å²) >= 11 is 0. The summed E-state index contributed by atoms with van der Waals surface area (Å²) in [6.45, 7) is 6.64.